The van der Waals surface area contributed by atoms with Gasteiger partial charge in [0.25, 0.3) is 5.91 Å². The number of ether oxygens (including phenoxy) is 2. The standard InChI is InChI=1S/C14H20N2O3.C2H6/c1-10-7-12(19-3)8-13(15-10)14(17)16-6-4-5-11(16)9-18-2;1-2/h7-8,11H,4-6,9H2,1-3H3;1-2H3/t11-;/m1./s1. The molecular formula is C16H26N2O3. The second-order valence-electron chi connectivity index (χ2n) is 4.78. The minimum absolute atomic E-state index is 0.0402. The van der Waals surface area contributed by atoms with E-state index in [1.165, 1.54) is 0 Å². The molecule has 5 nitrogen and oxygen atoms in total. The average molecular weight is 294 g/mol. The van der Waals surface area contributed by atoms with Crippen LogP contribution in [-0.2, 0) is 4.74 Å². The predicted octanol–water partition coefficient (Wildman–Crippen LogP) is 2.68. The summed E-state index contributed by atoms with van der Waals surface area (Å²) in [7, 11) is 3.25. The third kappa shape index (κ3) is 4.43. The van der Waals surface area contributed by atoms with Gasteiger partial charge in [-0.25, -0.2) is 4.98 Å². The van der Waals surface area contributed by atoms with Crippen molar-refractivity contribution >= 4 is 5.91 Å². The van der Waals surface area contributed by atoms with Gasteiger partial charge in [0.05, 0.1) is 19.8 Å². The van der Waals surface area contributed by atoms with Gasteiger partial charge < -0.3 is 14.4 Å². The first-order valence-electron chi connectivity index (χ1n) is 7.48. The van der Waals surface area contributed by atoms with Crippen LogP contribution in [0.2, 0.25) is 0 Å². The van der Waals surface area contributed by atoms with Gasteiger partial charge in [0.15, 0.2) is 0 Å². The highest BCUT2D eigenvalue weighted by Crippen LogP contribution is 2.21. The smallest absolute Gasteiger partial charge is 0.272 e. The molecule has 1 atom stereocenters. The van der Waals surface area contributed by atoms with Crippen molar-refractivity contribution in [2.24, 2.45) is 0 Å². The summed E-state index contributed by atoms with van der Waals surface area (Å²) in [6, 6.07) is 3.66. The Hall–Kier alpha value is -1.62. The number of carbonyl (C=O) groups is 1. The molecular weight excluding hydrogens is 268 g/mol. The number of rotatable bonds is 4. The lowest BCUT2D eigenvalue weighted by Crippen LogP contribution is -2.38. The van der Waals surface area contributed by atoms with Crippen LogP contribution in [0.5, 0.6) is 5.75 Å². The molecule has 1 aliphatic rings. The molecule has 1 aromatic rings. The number of likely N-dealkylation sites (tertiary alicyclic amines) is 1. The van der Waals surface area contributed by atoms with Crippen LogP contribution in [0.3, 0.4) is 0 Å². The van der Waals surface area contributed by atoms with E-state index >= 15 is 0 Å². The summed E-state index contributed by atoms with van der Waals surface area (Å²) in [5.74, 6) is 0.625. The Morgan fingerprint density at radius 1 is 1.38 bits per heavy atom. The summed E-state index contributed by atoms with van der Waals surface area (Å²) in [5.41, 5.74) is 1.23. The quantitative estimate of drug-likeness (QED) is 0.856. The number of aryl methyl sites for hydroxylation is 1. The van der Waals surface area contributed by atoms with Crippen molar-refractivity contribution in [2.75, 3.05) is 27.4 Å². The fourth-order valence-corrected chi connectivity index (χ4v) is 2.48. The molecule has 0 N–H and O–H groups in total. The fraction of sp³-hybridized carbons (Fsp3) is 0.625. The van der Waals surface area contributed by atoms with Crippen LogP contribution in [0.15, 0.2) is 12.1 Å². The maximum atomic E-state index is 12.5. The van der Waals surface area contributed by atoms with Crippen LogP contribution >= 0.6 is 0 Å². The summed E-state index contributed by atoms with van der Waals surface area (Å²) in [6.07, 6.45) is 2.01. The molecule has 5 heteroatoms. The molecule has 118 valence electrons. The second kappa shape index (κ2) is 8.62. The molecule has 1 aromatic heterocycles. The molecule has 0 aromatic carbocycles. The van der Waals surface area contributed by atoms with Crippen LogP contribution in [0.1, 0.15) is 42.9 Å². The van der Waals surface area contributed by atoms with Crippen molar-refractivity contribution in [1.29, 1.82) is 0 Å². The number of pyridine rings is 1. The number of methoxy groups -OCH3 is 2. The third-order valence-electron chi connectivity index (χ3n) is 3.38. The molecule has 1 aliphatic heterocycles. The van der Waals surface area contributed by atoms with Gasteiger partial charge in [0.2, 0.25) is 0 Å². The van der Waals surface area contributed by atoms with Crippen LogP contribution < -0.4 is 4.74 Å². The van der Waals surface area contributed by atoms with E-state index < -0.39 is 0 Å². The van der Waals surface area contributed by atoms with Gasteiger partial charge in [-0.1, -0.05) is 13.8 Å². The second-order valence-corrected chi connectivity index (χ2v) is 4.78. The normalized spacial score (nSPS) is 17.2. The number of nitrogens with zero attached hydrogens (tertiary/aromatic N) is 2. The van der Waals surface area contributed by atoms with Crippen molar-refractivity contribution < 1.29 is 14.3 Å². The average Bonchev–Trinajstić information content (AvgIpc) is 2.96. The molecule has 0 radical (unpaired) electrons. The Bertz CT molecular complexity index is 463. The van der Waals surface area contributed by atoms with E-state index in [9.17, 15) is 4.79 Å². The molecule has 0 bridgehead atoms. The Balaban J connectivity index is 0.00000106. The topological polar surface area (TPSA) is 51.7 Å². The Morgan fingerprint density at radius 2 is 2.10 bits per heavy atom. The zero-order valence-corrected chi connectivity index (χ0v) is 13.7. The number of carbonyl (C=O) groups excluding carboxylic acids is 1. The van der Waals surface area contributed by atoms with Crippen LogP contribution in [0, 0.1) is 6.92 Å². The van der Waals surface area contributed by atoms with E-state index in [2.05, 4.69) is 4.98 Å². The van der Waals surface area contributed by atoms with Crippen LogP contribution in [0.4, 0.5) is 0 Å². The third-order valence-corrected chi connectivity index (χ3v) is 3.38. The Labute approximate surface area is 127 Å². The molecule has 2 rings (SSSR count). The molecule has 0 unspecified atom stereocenters. The van der Waals surface area contributed by atoms with E-state index in [0.717, 1.165) is 25.1 Å². The molecule has 0 aliphatic carbocycles. The van der Waals surface area contributed by atoms with Crippen molar-refractivity contribution in [1.82, 2.24) is 9.88 Å². The number of hydrogen-bond donors (Lipinski definition) is 0. The lowest BCUT2D eigenvalue weighted by atomic mass is 10.2. The van der Waals surface area contributed by atoms with Gasteiger partial charge in [-0.05, 0) is 19.8 Å². The maximum absolute atomic E-state index is 12.5. The van der Waals surface area contributed by atoms with Gasteiger partial charge >= 0.3 is 0 Å². The van der Waals surface area contributed by atoms with Gasteiger partial charge in [-0.15, -0.1) is 0 Å². The first kappa shape index (κ1) is 17.4. The Morgan fingerprint density at radius 3 is 2.71 bits per heavy atom. The lowest BCUT2D eigenvalue weighted by molar-refractivity contribution is 0.0624. The van der Waals surface area contributed by atoms with Gasteiger partial charge in [0, 0.05) is 31.5 Å². The summed E-state index contributed by atoms with van der Waals surface area (Å²) >= 11 is 0. The molecule has 1 saturated heterocycles. The van der Waals surface area contributed by atoms with Crippen molar-refractivity contribution in [3.8, 4) is 5.75 Å². The fourth-order valence-electron chi connectivity index (χ4n) is 2.48. The predicted molar refractivity (Wildman–Crippen MR) is 82.8 cm³/mol. The Kier molecular flexibility index (Phi) is 7.15. The summed E-state index contributed by atoms with van der Waals surface area (Å²) in [6.45, 7) is 7.20. The summed E-state index contributed by atoms with van der Waals surface area (Å²) in [5, 5.41) is 0. The van der Waals surface area contributed by atoms with E-state index in [0.29, 0.717) is 18.1 Å². The summed E-state index contributed by atoms with van der Waals surface area (Å²) in [4.78, 5) is 18.7. The number of aromatic nitrogens is 1. The van der Waals surface area contributed by atoms with E-state index in [1.54, 1.807) is 20.3 Å². The van der Waals surface area contributed by atoms with E-state index in [1.807, 2.05) is 31.7 Å². The molecule has 0 saturated carbocycles. The summed E-state index contributed by atoms with van der Waals surface area (Å²) < 4.78 is 10.4. The van der Waals surface area contributed by atoms with Gasteiger partial charge in [0.1, 0.15) is 11.4 Å². The van der Waals surface area contributed by atoms with Crippen molar-refractivity contribution in [2.45, 2.75) is 39.7 Å². The molecule has 1 fully saturated rings. The first-order valence-corrected chi connectivity index (χ1v) is 7.48. The van der Waals surface area contributed by atoms with Crippen molar-refractivity contribution in [3.63, 3.8) is 0 Å². The molecule has 21 heavy (non-hydrogen) atoms. The van der Waals surface area contributed by atoms with Crippen LogP contribution in [0.25, 0.3) is 0 Å². The monoisotopic (exact) mass is 294 g/mol. The number of hydrogen-bond acceptors (Lipinski definition) is 4. The lowest BCUT2D eigenvalue weighted by Gasteiger charge is -2.24. The maximum Gasteiger partial charge on any atom is 0.272 e. The molecule has 1 amide bonds. The minimum atomic E-state index is -0.0402. The largest absolute Gasteiger partial charge is 0.497 e. The first-order chi connectivity index (χ1) is 10.2. The van der Waals surface area contributed by atoms with Crippen LogP contribution in [-0.4, -0.2) is 49.2 Å². The highest BCUT2D eigenvalue weighted by Gasteiger charge is 2.30. The minimum Gasteiger partial charge on any atom is -0.497 e. The zero-order valence-electron chi connectivity index (χ0n) is 13.7. The van der Waals surface area contributed by atoms with E-state index in [-0.39, 0.29) is 11.9 Å². The van der Waals surface area contributed by atoms with E-state index in [4.69, 9.17) is 9.47 Å². The zero-order chi connectivity index (χ0) is 15.8. The van der Waals surface area contributed by atoms with Gasteiger partial charge in [-0.2, -0.15) is 0 Å². The molecule has 0 spiro atoms. The number of amides is 1. The highest BCUT2D eigenvalue weighted by molar-refractivity contribution is 5.93. The van der Waals surface area contributed by atoms with Crippen molar-refractivity contribution in [3.05, 3.63) is 23.5 Å². The highest BCUT2D eigenvalue weighted by atomic mass is 16.5. The SMILES string of the molecule is CC.COC[C@H]1CCCN1C(=O)c1cc(OC)cc(C)n1. The van der Waals surface area contributed by atoms with Gasteiger partial charge in [-0.3, -0.25) is 4.79 Å². The molecule has 2 heterocycles.